The SMILES string of the molecule is COC(=O)c1ccc(S(=O)(=O)Nc2ccc3c(c2)CN(C)C(=O)N3)cc1. The van der Waals surface area contributed by atoms with Crippen LogP contribution in [0.1, 0.15) is 15.9 Å². The molecule has 0 saturated carbocycles. The fourth-order valence-corrected chi connectivity index (χ4v) is 3.60. The maximum absolute atomic E-state index is 12.5. The second-order valence-corrected chi connectivity index (χ2v) is 7.46. The number of esters is 1. The van der Waals surface area contributed by atoms with Crippen molar-refractivity contribution >= 4 is 33.4 Å². The van der Waals surface area contributed by atoms with Crippen LogP contribution in [0.4, 0.5) is 16.2 Å². The molecular formula is C17H17N3O5S. The molecule has 0 aliphatic carbocycles. The number of nitrogens with one attached hydrogen (secondary N) is 2. The average molecular weight is 375 g/mol. The zero-order valence-electron chi connectivity index (χ0n) is 14.1. The Kier molecular flexibility index (Phi) is 4.56. The predicted molar refractivity (Wildman–Crippen MR) is 95.5 cm³/mol. The number of methoxy groups -OCH3 is 1. The molecule has 9 heteroatoms. The first kappa shape index (κ1) is 17.7. The van der Waals surface area contributed by atoms with Crippen molar-refractivity contribution in [1.29, 1.82) is 0 Å². The molecule has 0 unspecified atom stereocenters. The summed E-state index contributed by atoms with van der Waals surface area (Å²) in [6, 6.07) is 10.1. The van der Waals surface area contributed by atoms with E-state index in [0.717, 1.165) is 5.56 Å². The van der Waals surface area contributed by atoms with Crippen molar-refractivity contribution in [3.8, 4) is 0 Å². The summed E-state index contributed by atoms with van der Waals surface area (Å²) in [5, 5.41) is 2.72. The number of anilines is 2. The van der Waals surface area contributed by atoms with Crippen molar-refractivity contribution < 1.29 is 22.7 Å². The topological polar surface area (TPSA) is 105 Å². The number of rotatable bonds is 4. The summed E-state index contributed by atoms with van der Waals surface area (Å²) < 4.78 is 32.1. The molecule has 2 aromatic rings. The van der Waals surface area contributed by atoms with Gasteiger partial charge in [-0.15, -0.1) is 0 Å². The van der Waals surface area contributed by atoms with E-state index in [0.29, 0.717) is 17.9 Å². The van der Waals surface area contributed by atoms with E-state index in [1.165, 1.54) is 36.3 Å². The van der Waals surface area contributed by atoms with Crippen LogP contribution < -0.4 is 10.0 Å². The fourth-order valence-electron chi connectivity index (χ4n) is 2.55. The van der Waals surface area contributed by atoms with Crippen molar-refractivity contribution in [3.05, 3.63) is 53.6 Å². The molecule has 2 amide bonds. The number of fused-ring (bicyclic) bond motifs is 1. The first-order valence-electron chi connectivity index (χ1n) is 7.66. The zero-order chi connectivity index (χ0) is 18.9. The lowest BCUT2D eigenvalue weighted by atomic mass is 10.1. The van der Waals surface area contributed by atoms with Crippen LogP contribution >= 0.6 is 0 Å². The van der Waals surface area contributed by atoms with Gasteiger partial charge in [-0.2, -0.15) is 0 Å². The molecule has 0 radical (unpaired) electrons. The standard InChI is InChI=1S/C17H17N3O5S/c1-20-10-12-9-13(5-8-15(12)18-17(20)22)19-26(23,24)14-6-3-11(4-7-14)16(21)25-2/h3-9,19H,10H2,1-2H3,(H,18,22). The van der Waals surface area contributed by atoms with E-state index in [1.54, 1.807) is 25.2 Å². The van der Waals surface area contributed by atoms with Crippen molar-refractivity contribution in [2.24, 2.45) is 0 Å². The van der Waals surface area contributed by atoms with Gasteiger partial charge in [-0.1, -0.05) is 0 Å². The van der Waals surface area contributed by atoms with E-state index in [2.05, 4.69) is 14.8 Å². The third kappa shape index (κ3) is 3.47. The summed E-state index contributed by atoms with van der Waals surface area (Å²) in [5.74, 6) is -0.539. The molecule has 1 aliphatic rings. The first-order valence-corrected chi connectivity index (χ1v) is 9.15. The number of urea groups is 1. The molecule has 2 N–H and O–H groups in total. The highest BCUT2D eigenvalue weighted by Crippen LogP contribution is 2.27. The molecule has 8 nitrogen and oxygen atoms in total. The number of sulfonamides is 1. The molecule has 136 valence electrons. The van der Waals surface area contributed by atoms with Crippen LogP contribution in [0.5, 0.6) is 0 Å². The molecule has 1 aliphatic heterocycles. The largest absolute Gasteiger partial charge is 0.465 e. The average Bonchev–Trinajstić information content (AvgIpc) is 2.62. The smallest absolute Gasteiger partial charge is 0.337 e. The Morgan fingerprint density at radius 3 is 2.54 bits per heavy atom. The van der Waals surface area contributed by atoms with E-state index in [1.807, 2.05) is 0 Å². The summed E-state index contributed by atoms with van der Waals surface area (Å²) >= 11 is 0. The van der Waals surface area contributed by atoms with Gasteiger partial charge in [0.25, 0.3) is 10.0 Å². The molecule has 0 saturated heterocycles. The molecule has 26 heavy (non-hydrogen) atoms. The Balaban J connectivity index is 1.83. The van der Waals surface area contributed by atoms with Gasteiger partial charge in [-0.05, 0) is 48.0 Å². The number of nitrogens with zero attached hydrogens (tertiary/aromatic N) is 1. The van der Waals surface area contributed by atoms with Gasteiger partial charge in [-0.3, -0.25) is 4.72 Å². The molecule has 0 bridgehead atoms. The van der Waals surface area contributed by atoms with E-state index < -0.39 is 16.0 Å². The van der Waals surface area contributed by atoms with Crippen molar-refractivity contribution in [3.63, 3.8) is 0 Å². The van der Waals surface area contributed by atoms with Gasteiger partial charge in [-0.25, -0.2) is 18.0 Å². The normalized spacial score (nSPS) is 13.6. The first-order chi connectivity index (χ1) is 12.3. The minimum absolute atomic E-state index is 0.0216. The van der Waals surface area contributed by atoms with E-state index in [-0.39, 0.29) is 16.5 Å². The van der Waals surface area contributed by atoms with Gasteiger partial charge in [0.15, 0.2) is 0 Å². The number of carbonyl (C=O) groups excluding carboxylic acids is 2. The summed E-state index contributed by atoms with van der Waals surface area (Å²) in [6.45, 7) is 0.380. The summed E-state index contributed by atoms with van der Waals surface area (Å²) in [5.41, 5.74) is 2.09. The van der Waals surface area contributed by atoms with Crippen molar-refractivity contribution in [1.82, 2.24) is 4.90 Å². The van der Waals surface area contributed by atoms with Gasteiger partial charge < -0.3 is 15.0 Å². The Hall–Kier alpha value is -3.07. The Labute approximate surface area is 150 Å². The zero-order valence-corrected chi connectivity index (χ0v) is 15.0. The maximum atomic E-state index is 12.5. The van der Waals surface area contributed by atoms with E-state index in [4.69, 9.17) is 0 Å². The minimum Gasteiger partial charge on any atom is -0.465 e. The third-order valence-corrected chi connectivity index (χ3v) is 5.34. The minimum atomic E-state index is -3.82. The fraction of sp³-hybridized carbons (Fsp3) is 0.176. The van der Waals surface area contributed by atoms with Crippen LogP contribution in [-0.4, -0.2) is 39.5 Å². The lowest BCUT2D eigenvalue weighted by Crippen LogP contribution is -2.35. The Morgan fingerprint density at radius 2 is 1.88 bits per heavy atom. The quantitative estimate of drug-likeness (QED) is 0.798. The highest BCUT2D eigenvalue weighted by Gasteiger charge is 2.21. The van der Waals surface area contributed by atoms with Crippen LogP contribution in [-0.2, 0) is 21.3 Å². The molecule has 2 aromatic carbocycles. The summed E-state index contributed by atoms with van der Waals surface area (Å²) in [6.07, 6.45) is 0. The molecular weight excluding hydrogens is 358 g/mol. The summed E-state index contributed by atoms with van der Waals surface area (Å²) in [7, 11) is -0.911. The van der Waals surface area contributed by atoms with Crippen LogP contribution in [0.3, 0.4) is 0 Å². The van der Waals surface area contributed by atoms with Crippen LogP contribution in [0.25, 0.3) is 0 Å². The van der Waals surface area contributed by atoms with Crippen molar-refractivity contribution in [2.45, 2.75) is 11.4 Å². The van der Waals surface area contributed by atoms with Gasteiger partial charge in [0.1, 0.15) is 0 Å². The second-order valence-electron chi connectivity index (χ2n) is 5.78. The van der Waals surface area contributed by atoms with Crippen LogP contribution in [0.2, 0.25) is 0 Å². The number of ether oxygens (including phenoxy) is 1. The highest BCUT2D eigenvalue weighted by atomic mass is 32.2. The van der Waals surface area contributed by atoms with Crippen LogP contribution in [0, 0.1) is 0 Å². The van der Waals surface area contributed by atoms with Crippen LogP contribution in [0.15, 0.2) is 47.4 Å². The molecule has 0 atom stereocenters. The number of hydrogen-bond donors (Lipinski definition) is 2. The second kappa shape index (κ2) is 6.68. The molecule has 0 spiro atoms. The van der Waals surface area contributed by atoms with Gasteiger partial charge in [0, 0.05) is 25.0 Å². The number of hydrogen-bond acceptors (Lipinski definition) is 5. The Morgan fingerprint density at radius 1 is 1.19 bits per heavy atom. The number of amides is 2. The number of benzene rings is 2. The van der Waals surface area contributed by atoms with Crippen molar-refractivity contribution in [2.75, 3.05) is 24.2 Å². The van der Waals surface area contributed by atoms with Gasteiger partial charge in [0.2, 0.25) is 0 Å². The van der Waals surface area contributed by atoms with E-state index >= 15 is 0 Å². The lowest BCUT2D eigenvalue weighted by molar-refractivity contribution is 0.0600. The molecule has 0 fully saturated rings. The maximum Gasteiger partial charge on any atom is 0.337 e. The van der Waals surface area contributed by atoms with E-state index in [9.17, 15) is 18.0 Å². The molecule has 1 heterocycles. The summed E-state index contributed by atoms with van der Waals surface area (Å²) in [4.78, 5) is 24.6. The molecule has 0 aromatic heterocycles. The Bertz CT molecular complexity index is 970. The predicted octanol–water partition coefficient (Wildman–Crippen LogP) is 2.25. The lowest BCUT2D eigenvalue weighted by Gasteiger charge is -2.26. The number of carbonyl (C=O) groups is 2. The van der Waals surface area contributed by atoms with Gasteiger partial charge in [0.05, 0.1) is 17.6 Å². The van der Waals surface area contributed by atoms with Gasteiger partial charge >= 0.3 is 12.0 Å². The molecule has 3 rings (SSSR count). The highest BCUT2D eigenvalue weighted by molar-refractivity contribution is 7.92. The third-order valence-electron chi connectivity index (χ3n) is 3.94. The monoisotopic (exact) mass is 375 g/mol.